The molecule has 3 nitrogen and oxygen atoms in total. The number of nitrogens with two attached hydrogens (primary N) is 1. The topological polar surface area (TPSA) is 41.6 Å². The number of benzene rings is 2. The van der Waals surface area contributed by atoms with Gasteiger partial charge in [0.25, 0.3) is 0 Å². The quantitative estimate of drug-likeness (QED) is 0.735. The van der Waals surface area contributed by atoms with E-state index in [0.717, 1.165) is 30.2 Å². The summed E-state index contributed by atoms with van der Waals surface area (Å²) in [6.07, 6.45) is 4.24. The van der Waals surface area contributed by atoms with Crippen molar-refractivity contribution in [1.29, 1.82) is 0 Å². The van der Waals surface area contributed by atoms with Gasteiger partial charge in [0.1, 0.15) is 0 Å². The van der Waals surface area contributed by atoms with Gasteiger partial charge in [-0.25, -0.2) is 4.99 Å². The number of guanidine groups is 1. The molecule has 2 bridgehead atoms. The Bertz CT molecular complexity index is 890. The van der Waals surface area contributed by atoms with Crippen LogP contribution in [0.5, 0.6) is 0 Å². The second-order valence-electron chi connectivity index (χ2n) is 7.73. The summed E-state index contributed by atoms with van der Waals surface area (Å²) in [4.78, 5) is 7.31. The Labute approximate surface area is 157 Å². The van der Waals surface area contributed by atoms with E-state index in [0.29, 0.717) is 17.9 Å². The number of nitrogens with zero attached hydrogens (tertiary/aromatic N) is 2. The van der Waals surface area contributed by atoms with E-state index in [1.54, 1.807) is 0 Å². The maximum atomic E-state index is 6.39. The summed E-state index contributed by atoms with van der Waals surface area (Å²) < 4.78 is 1.14. The van der Waals surface area contributed by atoms with Crippen LogP contribution in [-0.4, -0.2) is 23.4 Å². The van der Waals surface area contributed by atoms with E-state index in [4.69, 9.17) is 10.7 Å². The number of aliphatic imine (C=N–C) groups is 1. The normalized spacial score (nSPS) is 29.8. The first-order chi connectivity index (χ1) is 12.1. The van der Waals surface area contributed by atoms with Gasteiger partial charge in [0.05, 0.1) is 11.6 Å². The van der Waals surface area contributed by atoms with E-state index in [9.17, 15) is 0 Å². The summed E-state index contributed by atoms with van der Waals surface area (Å²) in [5, 5.41) is 0. The minimum Gasteiger partial charge on any atom is -0.370 e. The second-order valence-corrected chi connectivity index (χ2v) is 8.64. The second kappa shape index (κ2) is 5.34. The third-order valence-corrected chi connectivity index (χ3v) is 6.99. The Morgan fingerprint density at radius 2 is 1.96 bits per heavy atom. The van der Waals surface area contributed by atoms with Crippen molar-refractivity contribution in [1.82, 2.24) is 4.90 Å². The van der Waals surface area contributed by atoms with E-state index < -0.39 is 0 Å². The van der Waals surface area contributed by atoms with E-state index in [1.807, 2.05) is 0 Å². The number of halogens is 1. The summed E-state index contributed by atoms with van der Waals surface area (Å²) in [5.41, 5.74) is 12.1. The zero-order valence-corrected chi connectivity index (χ0v) is 16.0. The van der Waals surface area contributed by atoms with Crippen molar-refractivity contribution in [2.75, 3.05) is 7.05 Å². The highest BCUT2D eigenvalue weighted by Crippen LogP contribution is 2.53. The van der Waals surface area contributed by atoms with Crippen molar-refractivity contribution < 1.29 is 0 Å². The van der Waals surface area contributed by atoms with Crippen LogP contribution < -0.4 is 5.73 Å². The van der Waals surface area contributed by atoms with E-state index >= 15 is 0 Å². The van der Waals surface area contributed by atoms with E-state index in [-0.39, 0.29) is 5.54 Å². The standard InChI is InChI=1S/C21H22BrN3/c1-25-19-17-11-16(22)7-6-15(17)12-21(24-20(25)23)9-8-13-4-2-3-5-14(13)10-18(19)21/h2-7,11,18-19H,8-10,12H2,1H3,(H2,23,24). The van der Waals surface area contributed by atoms with Crippen molar-refractivity contribution in [3.05, 3.63) is 69.2 Å². The first-order valence-electron chi connectivity index (χ1n) is 9.01. The van der Waals surface area contributed by atoms with Gasteiger partial charge < -0.3 is 10.6 Å². The molecule has 2 aliphatic carbocycles. The van der Waals surface area contributed by atoms with E-state index in [1.165, 1.54) is 22.3 Å². The summed E-state index contributed by atoms with van der Waals surface area (Å²) in [5.74, 6) is 1.16. The Morgan fingerprint density at radius 3 is 2.80 bits per heavy atom. The molecule has 3 unspecified atom stereocenters. The van der Waals surface area contributed by atoms with Gasteiger partial charge in [-0.3, -0.25) is 0 Å². The highest BCUT2D eigenvalue weighted by molar-refractivity contribution is 9.10. The van der Waals surface area contributed by atoms with Gasteiger partial charge in [0.15, 0.2) is 5.96 Å². The van der Waals surface area contributed by atoms with Crippen molar-refractivity contribution in [2.45, 2.75) is 37.3 Å². The van der Waals surface area contributed by atoms with Gasteiger partial charge in [-0.15, -0.1) is 0 Å². The lowest BCUT2D eigenvalue weighted by Crippen LogP contribution is -2.58. The molecule has 0 fully saturated rings. The summed E-state index contributed by atoms with van der Waals surface area (Å²) >= 11 is 3.66. The SMILES string of the molecule is CN1C(N)=NC23CCc4ccccc4CC2C1c1cc(Br)ccc1C3. The Kier molecular flexibility index (Phi) is 3.30. The molecule has 0 saturated carbocycles. The Balaban J connectivity index is 1.72. The number of hydrogen-bond acceptors (Lipinski definition) is 3. The lowest BCUT2D eigenvalue weighted by molar-refractivity contribution is 0.112. The molecule has 4 heteroatoms. The van der Waals surface area contributed by atoms with Gasteiger partial charge in [0.2, 0.25) is 0 Å². The maximum Gasteiger partial charge on any atom is 0.192 e. The van der Waals surface area contributed by atoms with Crippen LogP contribution in [0.2, 0.25) is 0 Å². The fourth-order valence-corrected chi connectivity index (χ4v) is 5.62. The minimum atomic E-state index is -0.0683. The molecule has 0 saturated heterocycles. The predicted molar refractivity (Wildman–Crippen MR) is 105 cm³/mol. The van der Waals surface area contributed by atoms with Gasteiger partial charge in [-0.2, -0.15) is 0 Å². The van der Waals surface area contributed by atoms with Crippen LogP contribution in [0.3, 0.4) is 0 Å². The molecule has 0 radical (unpaired) electrons. The highest BCUT2D eigenvalue weighted by atomic mass is 79.9. The molecule has 128 valence electrons. The van der Waals surface area contributed by atoms with Crippen LogP contribution in [0.4, 0.5) is 0 Å². The monoisotopic (exact) mass is 395 g/mol. The molecule has 1 aliphatic heterocycles. The number of aryl methyl sites for hydroxylation is 1. The first-order valence-corrected chi connectivity index (χ1v) is 9.80. The fourth-order valence-electron chi connectivity index (χ4n) is 5.24. The molecular formula is C21H22BrN3. The number of hydrogen-bond donors (Lipinski definition) is 1. The molecule has 1 heterocycles. The molecule has 25 heavy (non-hydrogen) atoms. The Hall–Kier alpha value is -1.81. The molecule has 0 spiro atoms. The van der Waals surface area contributed by atoms with E-state index in [2.05, 4.69) is 70.3 Å². The third-order valence-electron chi connectivity index (χ3n) is 6.50. The molecule has 2 N–H and O–H groups in total. The molecule has 5 rings (SSSR count). The third kappa shape index (κ3) is 2.20. The predicted octanol–water partition coefficient (Wildman–Crippen LogP) is 3.85. The van der Waals surface area contributed by atoms with Crippen LogP contribution in [0, 0.1) is 5.92 Å². The fraction of sp³-hybridized carbons (Fsp3) is 0.381. The van der Waals surface area contributed by atoms with Crippen molar-refractivity contribution in [3.63, 3.8) is 0 Å². The summed E-state index contributed by atoms with van der Waals surface area (Å²) in [6, 6.07) is 15.9. The average molecular weight is 396 g/mol. The molecule has 0 aromatic heterocycles. The minimum absolute atomic E-state index is 0.0683. The molecule has 3 aliphatic rings. The largest absolute Gasteiger partial charge is 0.370 e. The molecule has 2 aromatic rings. The maximum absolute atomic E-state index is 6.39. The average Bonchev–Trinajstić information content (AvgIpc) is 2.76. The highest BCUT2D eigenvalue weighted by Gasteiger charge is 2.53. The van der Waals surface area contributed by atoms with Gasteiger partial charge in [0, 0.05) is 17.4 Å². The lowest BCUT2D eigenvalue weighted by Gasteiger charge is -2.53. The van der Waals surface area contributed by atoms with Crippen LogP contribution >= 0.6 is 15.9 Å². The van der Waals surface area contributed by atoms with Crippen LogP contribution in [0.1, 0.15) is 34.7 Å². The van der Waals surface area contributed by atoms with Crippen molar-refractivity contribution >= 4 is 21.9 Å². The van der Waals surface area contributed by atoms with Crippen molar-refractivity contribution in [2.24, 2.45) is 16.6 Å². The van der Waals surface area contributed by atoms with Crippen LogP contribution in [0.15, 0.2) is 51.9 Å². The molecule has 0 amide bonds. The summed E-state index contributed by atoms with van der Waals surface area (Å²) in [7, 11) is 2.10. The van der Waals surface area contributed by atoms with Crippen LogP contribution in [0.25, 0.3) is 0 Å². The number of rotatable bonds is 0. The zero-order valence-electron chi connectivity index (χ0n) is 14.4. The zero-order chi connectivity index (χ0) is 17.2. The summed E-state index contributed by atoms with van der Waals surface area (Å²) in [6.45, 7) is 0. The Morgan fingerprint density at radius 1 is 1.16 bits per heavy atom. The molecular weight excluding hydrogens is 374 g/mol. The van der Waals surface area contributed by atoms with Gasteiger partial charge in [-0.05, 0) is 60.1 Å². The smallest absolute Gasteiger partial charge is 0.192 e. The van der Waals surface area contributed by atoms with Crippen LogP contribution in [-0.2, 0) is 19.3 Å². The van der Waals surface area contributed by atoms with Crippen molar-refractivity contribution in [3.8, 4) is 0 Å². The van der Waals surface area contributed by atoms with Gasteiger partial charge in [-0.1, -0.05) is 46.3 Å². The molecule has 3 atom stereocenters. The first kappa shape index (κ1) is 15.4. The number of fused-ring (bicyclic) bond motifs is 3. The van der Waals surface area contributed by atoms with Gasteiger partial charge >= 0.3 is 0 Å². The molecule has 2 aromatic carbocycles. The lowest BCUT2D eigenvalue weighted by atomic mass is 9.64.